The van der Waals surface area contributed by atoms with E-state index >= 15 is 0 Å². The minimum atomic E-state index is -0.112. The van der Waals surface area contributed by atoms with Gasteiger partial charge in [-0.2, -0.15) is 0 Å². The number of allylic oxidation sites excluding steroid dienone is 4. The summed E-state index contributed by atoms with van der Waals surface area (Å²) in [7, 11) is 2.03. The lowest BCUT2D eigenvalue weighted by molar-refractivity contribution is 0.403. The standard InChI is InChI=1S/C19H17NO2/c1-20-12-11-15(16-7-2-3-8-17(16)20)6-4-5-14-9-10-18(21)19(22)13-14/h2-13,21-22H,1H3/b5-4+,15-6+. The SMILES string of the molecule is CN1C=C/C(=C\C=C\c2ccc(O)c(O)c2)c2ccccc21. The zero-order chi connectivity index (χ0) is 15.5. The molecule has 0 unspecified atom stereocenters. The van der Waals surface area contributed by atoms with Gasteiger partial charge in [-0.25, -0.2) is 0 Å². The second-order valence-corrected chi connectivity index (χ2v) is 5.17. The normalized spacial score (nSPS) is 15.5. The lowest BCUT2D eigenvalue weighted by Gasteiger charge is -2.23. The topological polar surface area (TPSA) is 43.7 Å². The molecule has 0 fully saturated rings. The van der Waals surface area contributed by atoms with E-state index in [0.717, 1.165) is 11.1 Å². The average Bonchev–Trinajstić information content (AvgIpc) is 2.53. The van der Waals surface area contributed by atoms with Crippen molar-refractivity contribution in [1.29, 1.82) is 0 Å². The van der Waals surface area contributed by atoms with Gasteiger partial charge in [-0.1, -0.05) is 42.5 Å². The van der Waals surface area contributed by atoms with Crippen LogP contribution in [0.2, 0.25) is 0 Å². The molecule has 0 aromatic heterocycles. The van der Waals surface area contributed by atoms with E-state index in [1.165, 1.54) is 23.4 Å². The lowest BCUT2D eigenvalue weighted by Crippen LogP contribution is -2.13. The highest BCUT2D eigenvalue weighted by molar-refractivity contribution is 5.87. The van der Waals surface area contributed by atoms with Crippen LogP contribution in [0, 0.1) is 0 Å². The Morgan fingerprint density at radius 2 is 1.82 bits per heavy atom. The van der Waals surface area contributed by atoms with Crippen LogP contribution in [0.3, 0.4) is 0 Å². The summed E-state index contributed by atoms with van der Waals surface area (Å²) in [5.41, 5.74) is 4.32. The summed E-state index contributed by atoms with van der Waals surface area (Å²) in [4.78, 5) is 2.09. The summed E-state index contributed by atoms with van der Waals surface area (Å²) in [5.74, 6) is -0.220. The molecule has 1 heterocycles. The number of hydrogen-bond donors (Lipinski definition) is 2. The third kappa shape index (κ3) is 2.74. The van der Waals surface area contributed by atoms with E-state index in [0.29, 0.717) is 0 Å². The van der Waals surface area contributed by atoms with Crippen LogP contribution in [0.15, 0.2) is 66.9 Å². The van der Waals surface area contributed by atoms with Crippen molar-refractivity contribution in [2.24, 2.45) is 0 Å². The molecule has 1 aliphatic rings. The van der Waals surface area contributed by atoms with E-state index in [1.54, 1.807) is 6.07 Å². The largest absolute Gasteiger partial charge is 0.504 e. The van der Waals surface area contributed by atoms with E-state index in [-0.39, 0.29) is 11.5 Å². The molecular formula is C19H17NO2. The Morgan fingerprint density at radius 3 is 2.64 bits per heavy atom. The Balaban J connectivity index is 1.88. The molecular weight excluding hydrogens is 274 g/mol. The van der Waals surface area contributed by atoms with Crippen LogP contribution in [-0.4, -0.2) is 17.3 Å². The Bertz CT molecular complexity index is 788. The summed E-state index contributed by atoms with van der Waals surface area (Å²) >= 11 is 0. The molecule has 0 saturated carbocycles. The average molecular weight is 291 g/mol. The van der Waals surface area contributed by atoms with Crippen molar-refractivity contribution in [1.82, 2.24) is 0 Å². The molecule has 2 N–H and O–H groups in total. The molecule has 3 heteroatoms. The van der Waals surface area contributed by atoms with Gasteiger partial charge in [-0.3, -0.25) is 0 Å². The van der Waals surface area contributed by atoms with Crippen molar-refractivity contribution in [2.75, 3.05) is 11.9 Å². The third-order valence-corrected chi connectivity index (χ3v) is 3.64. The summed E-state index contributed by atoms with van der Waals surface area (Å²) in [5, 5.41) is 18.8. The van der Waals surface area contributed by atoms with Gasteiger partial charge < -0.3 is 15.1 Å². The second-order valence-electron chi connectivity index (χ2n) is 5.17. The number of aromatic hydroxyl groups is 2. The number of phenols is 2. The fraction of sp³-hybridized carbons (Fsp3) is 0.0526. The molecule has 0 radical (unpaired) electrons. The van der Waals surface area contributed by atoms with Crippen molar-refractivity contribution in [3.05, 3.63) is 78.0 Å². The van der Waals surface area contributed by atoms with Gasteiger partial charge in [-0.05, 0) is 35.4 Å². The van der Waals surface area contributed by atoms with E-state index in [9.17, 15) is 10.2 Å². The number of fused-ring (bicyclic) bond motifs is 1. The van der Waals surface area contributed by atoms with Gasteiger partial charge in [0, 0.05) is 24.5 Å². The molecule has 110 valence electrons. The molecule has 0 bridgehead atoms. The summed E-state index contributed by atoms with van der Waals surface area (Å²) in [6, 6.07) is 13.0. The van der Waals surface area contributed by atoms with Crippen molar-refractivity contribution < 1.29 is 10.2 Å². The van der Waals surface area contributed by atoms with Crippen molar-refractivity contribution in [3.8, 4) is 11.5 Å². The summed E-state index contributed by atoms with van der Waals surface area (Å²) < 4.78 is 0. The van der Waals surface area contributed by atoms with Gasteiger partial charge in [0.1, 0.15) is 0 Å². The fourth-order valence-electron chi connectivity index (χ4n) is 2.44. The van der Waals surface area contributed by atoms with Crippen molar-refractivity contribution in [3.63, 3.8) is 0 Å². The molecule has 0 saturated heterocycles. The predicted octanol–water partition coefficient (Wildman–Crippen LogP) is 4.16. The predicted molar refractivity (Wildman–Crippen MR) is 90.8 cm³/mol. The summed E-state index contributed by atoms with van der Waals surface area (Å²) in [6.07, 6.45) is 9.97. The third-order valence-electron chi connectivity index (χ3n) is 3.64. The molecule has 3 rings (SSSR count). The van der Waals surface area contributed by atoms with Crippen molar-refractivity contribution >= 4 is 17.3 Å². The number of benzene rings is 2. The van der Waals surface area contributed by atoms with E-state index in [4.69, 9.17) is 0 Å². The minimum absolute atomic E-state index is 0.109. The molecule has 2 aromatic rings. The minimum Gasteiger partial charge on any atom is -0.504 e. The van der Waals surface area contributed by atoms with Crippen LogP contribution in [-0.2, 0) is 0 Å². The van der Waals surface area contributed by atoms with Gasteiger partial charge in [0.2, 0.25) is 0 Å². The van der Waals surface area contributed by atoms with Gasteiger partial charge in [0.25, 0.3) is 0 Å². The smallest absolute Gasteiger partial charge is 0.157 e. The fourth-order valence-corrected chi connectivity index (χ4v) is 2.44. The first-order chi connectivity index (χ1) is 10.6. The number of rotatable bonds is 2. The Hall–Kier alpha value is -2.94. The number of para-hydroxylation sites is 1. The number of anilines is 1. The first kappa shape index (κ1) is 14.0. The molecule has 22 heavy (non-hydrogen) atoms. The number of phenolic OH excluding ortho intramolecular Hbond substituents is 2. The zero-order valence-electron chi connectivity index (χ0n) is 12.3. The van der Waals surface area contributed by atoms with Crippen LogP contribution in [0.25, 0.3) is 11.6 Å². The van der Waals surface area contributed by atoms with Gasteiger partial charge >= 0.3 is 0 Å². The molecule has 0 spiro atoms. The molecule has 0 amide bonds. The Morgan fingerprint density at radius 1 is 1.00 bits per heavy atom. The van der Waals surface area contributed by atoms with Crippen LogP contribution in [0.4, 0.5) is 5.69 Å². The maximum atomic E-state index is 9.49. The van der Waals surface area contributed by atoms with Crippen LogP contribution in [0.5, 0.6) is 11.5 Å². The Labute approximate surface area is 129 Å². The monoisotopic (exact) mass is 291 g/mol. The maximum Gasteiger partial charge on any atom is 0.157 e. The summed E-state index contributed by atoms with van der Waals surface area (Å²) in [6.45, 7) is 0. The molecule has 3 nitrogen and oxygen atoms in total. The molecule has 2 aromatic carbocycles. The highest BCUT2D eigenvalue weighted by atomic mass is 16.3. The molecule has 0 atom stereocenters. The van der Waals surface area contributed by atoms with Gasteiger partial charge in [-0.15, -0.1) is 0 Å². The highest BCUT2D eigenvalue weighted by Crippen LogP contribution is 2.31. The van der Waals surface area contributed by atoms with Crippen LogP contribution >= 0.6 is 0 Å². The van der Waals surface area contributed by atoms with E-state index in [2.05, 4.69) is 23.1 Å². The van der Waals surface area contributed by atoms with Gasteiger partial charge in [0.15, 0.2) is 11.5 Å². The number of nitrogens with zero attached hydrogens (tertiary/aromatic N) is 1. The molecule has 1 aliphatic heterocycles. The second kappa shape index (κ2) is 5.82. The number of hydrogen-bond acceptors (Lipinski definition) is 3. The quantitative estimate of drug-likeness (QED) is 0.817. The van der Waals surface area contributed by atoms with Crippen molar-refractivity contribution in [2.45, 2.75) is 0 Å². The van der Waals surface area contributed by atoms with E-state index < -0.39 is 0 Å². The highest BCUT2D eigenvalue weighted by Gasteiger charge is 2.11. The van der Waals surface area contributed by atoms with Crippen LogP contribution in [0.1, 0.15) is 11.1 Å². The maximum absolute atomic E-state index is 9.49. The first-order valence-corrected chi connectivity index (χ1v) is 7.06. The molecule has 0 aliphatic carbocycles. The first-order valence-electron chi connectivity index (χ1n) is 7.06. The lowest BCUT2D eigenvalue weighted by atomic mass is 10.00. The van der Waals surface area contributed by atoms with Gasteiger partial charge in [0.05, 0.1) is 0 Å². The van der Waals surface area contributed by atoms with Crippen LogP contribution < -0.4 is 4.90 Å². The Kier molecular flexibility index (Phi) is 3.71. The van der Waals surface area contributed by atoms with E-state index in [1.807, 2.05) is 43.6 Å². The zero-order valence-corrected chi connectivity index (χ0v) is 12.3.